The standard InChI is InChI=1S/C9H8FN5/c10-8-3-6(4-9(14-8)15-11)7-1-2-12-5-13-7/h1-5H,11H2,(H,14,15). The van der Waals surface area contributed by atoms with Gasteiger partial charge in [-0.1, -0.05) is 0 Å². The molecule has 0 amide bonds. The van der Waals surface area contributed by atoms with E-state index in [1.54, 1.807) is 18.3 Å². The number of nitrogen functional groups attached to an aromatic ring is 1. The summed E-state index contributed by atoms with van der Waals surface area (Å²) in [4.78, 5) is 11.3. The number of nitrogens with two attached hydrogens (primary N) is 1. The number of rotatable bonds is 2. The van der Waals surface area contributed by atoms with E-state index in [0.29, 0.717) is 11.3 Å². The van der Waals surface area contributed by atoms with Crippen molar-refractivity contribution in [3.63, 3.8) is 0 Å². The van der Waals surface area contributed by atoms with Crippen LogP contribution in [0.1, 0.15) is 0 Å². The lowest BCUT2D eigenvalue weighted by molar-refractivity contribution is 0.585. The van der Waals surface area contributed by atoms with E-state index in [1.807, 2.05) is 0 Å². The van der Waals surface area contributed by atoms with Gasteiger partial charge in [0.15, 0.2) is 0 Å². The van der Waals surface area contributed by atoms with E-state index in [2.05, 4.69) is 20.4 Å². The van der Waals surface area contributed by atoms with Crippen molar-refractivity contribution in [2.24, 2.45) is 5.84 Å². The summed E-state index contributed by atoms with van der Waals surface area (Å²) >= 11 is 0. The highest BCUT2D eigenvalue weighted by Crippen LogP contribution is 2.19. The molecule has 76 valence electrons. The first-order chi connectivity index (χ1) is 7.29. The molecule has 0 fully saturated rings. The molecule has 3 N–H and O–H groups in total. The number of hydrazine groups is 1. The minimum atomic E-state index is -0.612. The summed E-state index contributed by atoms with van der Waals surface area (Å²) in [5.41, 5.74) is 3.49. The van der Waals surface area contributed by atoms with Gasteiger partial charge in [0.05, 0.1) is 5.69 Å². The van der Waals surface area contributed by atoms with Crippen molar-refractivity contribution < 1.29 is 4.39 Å². The Balaban J connectivity index is 2.49. The maximum absolute atomic E-state index is 13.1. The molecule has 0 aliphatic heterocycles. The van der Waals surface area contributed by atoms with Crippen molar-refractivity contribution in [3.05, 3.63) is 36.7 Å². The quantitative estimate of drug-likeness (QED) is 0.434. The van der Waals surface area contributed by atoms with Gasteiger partial charge in [0.25, 0.3) is 0 Å². The predicted molar refractivity (Wildman–Crippen MR) is 53.0 cm³/mol. The van der Waals surface area contributed by atoms with E-state index in [0.717, 1.165) is 0 Å². The zero-order chi connectivity index (χ0) is 10.7. The Labute approximate surface area is 85.2 Å². The SMILES string of the molecule is NNc1cc(-c2ccncn2)cc(F)n1. The van der Waals surface area contributed by atoms with Crippen molar-refractivity contribution in [1.82, 2.24) is 15.0 Å². The molecule has 0 aliphatic rings. The summed E-state index contributed by atoms with van der Waals surface area (Å²) in [7, 11) is 0. The largest absolute Gasteiger partial charge is 0.308 e. The van der Waals surface area contributed by atoms with E-state index in [9.17, 15) is 4.39 Å². The zero-order valence-electron chi connectivity index (χ0n) is 7.68. The molecule has 0 spiro atoms. The molecule has 0 radical (unpaired) electrons. The second-order valence-corrected chi connectivity index (χ2v) is 2.80. The summed E-state index contributed by atoms with van der Waals surface area (Å²) in [6, 6.07) is 4.56. The Morgan fingerprint density at radius 3 is 2.87 bits per heavy atom. The third-order valence-corrected chi connectivity index (χ3v) is 1.82. The van der Waals surface area contributed by atoms with Crippen LogP contribution in [0.3, 0.4) is 0 Å². The average molecular weight is 205 g/mol. The van der Waals surface area contributed by atoms with Crippen LogP contribution in [0.25, 0.3) is 11.3 Å². The van der Waals surface area contributed by atoms with E-state index >= 15 is 0 Å². The minimum Gasteiger partial charge on any atom is -0.308 e. The summed E-state index contributed by atoms with van der Waals surface area (Å²) in [6.45, 7) is 0. The molecule has 2 aromatic heterocycles. The highest BCUT2D eigenvalue weighted by molar-refractivity contribution is 5.62. The van der Waals surface area contributed by atoms with Crippen LogP contribution in [0, 0.1) is 5.95 Å². The van der Waals surface area contributed by atoms with Gasteiger partial charge in [-0.3, -0.25) is 0 Å². The van der Waals surface area contributed by atoms with Crippen LogP contribution in [0.4, 0.5) is 10.2 Å². The fraction of sp³-hybridized carbons (Fsp3) is 0. The molecular formula is C9H8FN5. The van der Waals surface area contributed by atoms with Crippen LogP contribution in [0.15, 0.2) is 30.7 Å². The van der Waals surface area contributed by atoms with E-state index in [4.69, 9.17) is 5.84 Å². The molecule has 15 heavy (non-hydrogen) atoms. The third-order valence-electron chi connectivity index (χ3n) is 1.82. The summed E-state index contributed by atoms with van der Waals surface area (Å²) in [5.74, 6) is 4.80. The Hall–Kier alpha value is -2.08. The predicted octanol–water partition coefficient (Wildman–Crippen LogP) is 0.963. The lowest BCUT2D eigenvalue weighted by Crippen LogP contribution is -2.09. The number of nitrogens with one attached hydrogen (secondary N) is 1. The first-order valence-corrected chi connectivity index (χ1v) is 4.20. The van der Waals surface area contributed by atoms with Crippen molar-refractivity contribution >= 4 is 5.82 Å². The Morgan fingerprint density at radius 2 is 2.20 bits per heavy atom. The minimum absolute atomic E-state index is 0.253. The number of halogens is 1. The molecular weight excluding hydrogens is 197 g/mol. The van der Waals surface area contributed by atoms with Crippen LogP contribution >= 0.6 is 0 Å². The molecule has 0 saturated carbocycles. The molecule has 0 unspecified atom stereocenters. The Kier molecular flexibility index (Phi) is 2.51. The van der Waals surface area contributed by atoms with Gasteiger partial charge in [-0.25, -0.2) is 20.8 Å². The van der Waals surface area contributed by atoms with Crippen LogP contribution in [0.5, 0.6) is 0 Å². The van der Waals surface area contributed by atoms with Gasteiger partial charge in [0.1, 0.15) is 12.1 Å². The monoisotopic (exact) mass is 205 g/mol. The van der Waals surface area contributed by atoms with Crippen molar-refractivity contribution in [2.45, 2.75) is 0 Å². The van der Waals surface area contributed by atoms with Crippen molar-refractivity contribution in [1.29, 1.82) is 0 Å². The fourth-order valence-corrected chi connectivity index (χ4v) is 1.18. The number of pyridine rings is 1. The second kappa shape index (κ2) is 3.97. The molecule has 2 rings (SSSR count). The summed E-state index contributed by atoms with van der Waals surface area (Å²) in [6.07, 6.45) is 2.97. The number of hydrogen-bond donors (Lipinski definition) is 2. The van der Waals surface area contributed by atoms with Gasteiger partial charge in [-0.2, -0.15) is 4.39 Å². The van der Waals surface area contributed by atoms with Crippen LogP contribution in [-0.2, 0) is 0 Å². The van der Waals surface area contributed by atoms with E-state index in [1.165, 1.54) is 12.4 Å². The van der Waals surface area contributed by atoms with Gasteiger partial charge in [0, 0.05) is 17.8 Å². The number of hydrogen-bond acceptors (Lipinski definition) is 5. The molecule has 2 aromatic rings. The van der Waals surface area contributed by atoms with Gasteiger partial charge >= 0.3 is 0 Å². The summed E-state index contributed by atoms with van der Waals surface area (Å²) < 4.78 is 13.1. The first-order valence-electron chi connectivity index (χ1n) is 4.20. The lowest BCUT2D eigenvalue weighted by Gasteiger charge is -2.03. The van der Waals surface area contributed by atoms with Gasteiger partial charge in [-0.15, -0.1) is 0 Å². The molecule has 0 bridgehead atoms. The highest BCUT2D eigenvalue weighted by Gasteiger charge is 2.04. The Bertz CT molecular complexity index is 459. The van der Waals surface area contributed by atoms with Gasteiger partial charge in [0.2, 0.25) is 5.95 Å². The summed E-state index contributed by atoms with van der Waals surface area (Å²) in [5, 5.41) is 0. The molecule has 0 aliphatic carbocycles. The maximum atomic E-state index is 13.1. The normalized spacial score (nSPS) is 10.0. The number of nitrogens with zero attached hydrogens (tertiary/aromatic N) is 3. The van der Waals surface area contributed by atoms with Gasteiger partial charge < -0.3 is 5.43 Å². The molecule has 2 heterocycles. The lowest BCUT2D eigenvalue weighted by atomic mass is 10.2. The van der Waals surface area contributed by atoms with E-state index < -0.39 is 5.95 Å². The van der Waals surface area contributed by atoms with E-state index in [-0.39, 0.29) is 5.82 Å². The molecule has 0 saturated heterocycles. The molecule has 6 heteroatoms. The number of aromatic nitrogens is 3. The van der Waals surface area contributed by atoms with Crippen LogP contribution < -0.4 is 11.3 Å². The zero-order valence-corrected chi connectivity index (χ0v) is 7.68. The fourth-order valence-electron chi connectivity index (χ4n) is 1.18. The molecule has 5 nitrogen and oxygen atoms in total. The van der Waals surface area contributed by atoms with Gasteiger partial charge in [-0.05, 0) is 12.1 Å². The average Bonchev–Trinajstić information content (AvgIpc) is 2.29. The topological polar surface area (TPSA) is 76.7 Å². The first kappa shape index (κ1) is 9.47. The molecule has 0 atom stereocenters. The number of anilines is 1. The smallest absolute Gasteiger partial charge is 0.215 e. The molecule has 0 aromatic carbocycles. The van der Waals surface area contributed by atoms with Crippen molar-refractivity contribution in [3.8, 4) is 11.3 Å². The highest BCUT2D eigenvalue weighted by atomic mass is 19.1. The van der Waals surface area contributed by atoms with Crippen LogP contribution in [-0.4, -0.2) is 15.0 Å². The maximum Gasteiger partial charge on any atom is 0.215 e. The van der Waals surface area contributed by atoms with Crippen molar-refractivity contribution in [2.75, 3.05) is 5.43 Å². The third kappa shape index (κ3) is 2.05. The van der Waals surface area contributed by atoms with Crippen LogP contribution in [0.2, 0.25) is 0 Å². The Morgan fingerprint density at radius 1 is 1.33 bits per heavy atom. The second-order valence-electron chi connectivity index (χ2n) is 2.80.